The van der Waals surface area contributed by atoms with Gasteiger partial charge in [0.2, 0.25) is 17.3 Å². The highest BCUT2D eigenvalue weighted by atomic mass is 16.3. The molecule has 0 spiro atoms. The van der Waals surface area contributed by atoms with E-state index in [4.69, 9.17) is 0 Å². The average molecular weight is 360 g/mol. The monoisotopic (exact) mass is 360 g/mol. The van der Waals surface area contributed by atoms with Crippen LogP contribution in [0.2, 0.25) is 0 Å². The Labute approximate surface area is 153 Å². The third kappa shape index (κ3) is 1.92. The van der Waals surface area contributed by atoms with Crippen LogP contribution in [-0.2, 0) is 9.59 Å². The summed E-state index contributed by atoms with van der Waals surface area (Å²) in [6, 6.07) is 0. The Bertz CT molecular complexity index is 762. The third-order valence-electron chi connectivity index (χ3n) is 8.45. The van der Waals surface area contributed by atoms with E-state index in [2.05, 4.69) is 6.92 Å². The number of hydrogen-bond acceptors (Lipinski definition) is 5. The fourth-order valence-corrected chi connectivity index (χ4v) is 7.15. The summed E-state index contributed by atoms with van der Waals surface area (Å²) in [6.45, 7) is 5.76. The van der Waals surface area contributed by atoms with Gasteiger partial charge in [-0.05, 0) is 81.1 Å². The molecule has 0 bridgehead atoms. The maximum atomic E-state index is 13.0. The minimum Gasteiger partial charge on any atom is -0.504 e. The van der Waals surface area contributed by atoms with E-state index in [0.29, 0.717) is 23.8 Å². The molecule has 142 valence electrons. The number of carbonyl (C=O) groups is 2. The molecule has 26 heavy (non-hydrogen) atoms. The molecule has 3 fully saturated rings. The van der Waals surface area contributed by atoms with Crippen molar-refractivity contribution in [2.45, 2.75) is 59.3 Å². The molecule has 0 aromatic rings. The third-order valence-corrected chi connectivity index (χ3v) is 8.45. The van der Waals surface area contributed by atoms with Gasteiger partial charge in [0.05, 0.1) is 5.41 Å². The number of ketones is 2. The first kappa shape index (κ1) is 17.6. The van der Waals surface area contributed by atoms with Crippen molar-refractivity contribution in [3.63, 3.8) is 0 Å². The van der Waals surface area contributed by atoms with Crippen LogP contribution in [-0.4, -0.2) is 26.9 Å². The molecular weight excluding hydrogens is 332 g/mol. The summed E-state index contributed by atoms with van der Waals surface area (Å²) in [5, 5.41) is 30.4. The summed E-state index contributed by atoms with van der Waals surface area (Å²) in [5.74, 6) is -1.08. The molecule has 0 aromatic carbocycles. The quantitative estimate of drug-likeness (QED) is 0.653. The predicted octanol–water partition coefficient (Wildman–Crippen LogP) is 4.16. The lowest BCUT2D eigenvalue weighted by molar-refractivity contribution is -0.139. The van der Waals surface area contributed by atoms with Gasteiger partial charge in [0.1, 0.15) is 5.78 Å². The van der Waals surface area contributed by atoms with Crippen LogP contribution in [0, 0.1) is 34.5 Å². The smallest absolute Gasteiger partial charge is 0.211 e. The molecule has 4 aliphatic rings. The molecule has 3 N–H and O–H groups in total. The first-order chi connectivity index (χ1) is 12.1. The average Bonchev–Trinajstić information content (AvgIpc) is 2.96. The van der Waals surface area contributed by atoms with Crippen LogP contribution in [0.3, 0.4) is 0 Å². The van der Waals surface area contributed by atoms with Gasteiger partial charge >= 0.3 is 0 Å². The maximum Gasteiger partial charge on any atom is 0.211 e. The van der Waals surface area contributed by atoms with E-state index >= 15 is 0 Å². The fourth-order valence-electron chi connectivity index (χ4n) is 7.15. The fraction of sp³-hybridized carbons (Fsp3) is 0.714. The Morgan fingerprint density at radius 3 is 2.31 bits per heavy atom. The van der Waals surface area contributed by atoms with Gasteiger partial charge in [-0.15, -0.1) is 0 Å². The summed E-state index contributed by atoms with van der Waals surface area (Å²) in [5.41, 5.74) is -0.396. The van der Waals surface area contributed by atoms with Crippen molar-refractivity contribution in [3.8, 4) is 0 Å². The standard InChI is InChI=1S/C21H28O5/c1-10(22)12-6-7-13-11-4-5-15-16(23)17(24)18(25)19(26)21(15,3)14(11)8-9-20(12,13)2/h11-14,23-25H,4-9H2,1-3H3/t11-,12-,13-,14-,20+,21+/m0/s1. The first-order valence-corrected chi connectivity index (χ1v) is 9.74. The van der Waals surface area contributed by atoms with Crippen molar-refractivity contribution < 1.29 is 24.9 Å². The summed E-state index contributed by atoms with van der Waals surface area (Å²) >= 11 is 0. The molecule has 0 saturated heterocycles. The number of Topliss-reactive ketones (excluding diaryl/α,β-unsaturated/α-hetero) is 2. The maximum absolute atomic E-state index is 13.0. The van der Waals surface area contributed by atoms with Crippen LogP contribution in [0.4, 0.5) is 0 Å². The van der Waals surface area contributed by atoms with Gasteiger partial charge in [-0.25, -0.2) is 0 Å². The van der Waals surface area contributed by atoms with E-state index in [0.717, 1.165) is 32.1 Å². The van der Waals surface area contributed by atoms with E-state index in [1.165, 1.54) is 0 Å². The van der Waals surface area contributed by atoms with Gasteiger partial charge in [-0.2, -0.15) is 0 Å². The number of fused-ring (bicyclic) bond motifs is 5. The topological polar surface area (TPSA) is 94.8 Å². The molecule has 4 rings (SSSR count). The van der Waals surface area contributed by atoms with E-state index < -0.39 is 22.7 Å². The zero-order valence-corrected chi connectivity index (χ0v) is 15.7. The number of allylic oxidation sites excluding steroid dienone is 2. The Morgan fingerprint density at radius 1 is 0.962 bits per heavy atom. The van der Waals surface area contributed by atoms with Gasteiger partial charge in [-0.1, -0.05) is 6.92 Å². The van der Waals surface area contributed by atoms with Crippen LogP contribution < -0.4 is 0 Å². The minimum atomic E-state index is -0.959. The highest BCUT2D eigenvalue weighted by Crippen LogP contribution is 2.66. The molecule has 3 saturated carbocycles. The molecule has 4 aliphatic carbocycles. The number of carbonyl (C=O) groups excluding carboxylic acids is 2. The first-order valence-electron chi connectivity index (χ1n) is 9.74. The zero-order valence-electron chi connectivity index (χ0n) is 15.7. The van der Waals surface area contributed by atoms with Gasteiger partial charge in [0.25, 0.3) is 0 Å². The largest absolute Gasteiger partial charge is 0.504 e. The normalized spacial score (nSPS) is 45.3. The second kappa shape index (κ2) is 5.37. The van der Waals surface area contributed by atoms with Gasteiger partial charge < -0.3 is 15.3 Å². The second-order valence-corrected chi connectivity index (χ2v) is 9.26. The Kier molecular flexibility index (Phi) is 3.64. The van der Waals surface area contributed by atoms with E-state index in [1.807, 2.05) is 6.92 Å². The van der Waals surface area contributed by atoms with Crippen molar-refractivity contribution in [2.24, 2.45) is 34.5 Å². The number of aliphatic hydroxyl groups excluding tert-OH is 3. The van der Waals surface area contributed by atoms with E-state index in [9.17, 15) is 24.9 Å². The summed E-state index contributed by atoms with van der Waals surface area (Å²) in [6.07, 6.45) is 5.01. The molecule has 0 aromatic heterocycles. The predicted molar refractivity (Wildman–Crippen MR) is 95.5 cm³/mol. The minimum absolute atomic E-state index is 0.00956. The zero-order chi connectivity index (χ0) is 19.0. The molecular formula is C21H28O5. The lowest BCUT2D eigenvalue weighted by atomic mass is 9.46. The number of rotatable bonds is 1. The molecule has 6 atom stereocenters. The highest BCUT2D eigenvalue weighted by molar-refractivity contribution is 6.02. The van der Waals surface area contributed by atoms with Crippen LogP contribution >= 0.6 is 0 Å². The Balaban J connectivity index is 1.76. The highest BCUT2D eigenvalue weighted by Gasteiger charge is 2.63. The van der Waals surface area contributed by atoms with Crippen LogP contribution in [0.5, 0.6) is 0 Å². The van der Waals surface area contributed by atoms with Crippen LogP contribution in [0.25, 0.3) is 0 Å². The van der Waals surface area contributed by atoms with Crippen molar-refractivity contribution in [3.05, 3.63) is 22.9 Å². The number of hydrogen-bond donors (Lipinski definition) is 3. The summed E-state index contributed by atoms with van der Waals surface area (Å²) < 4.78 is 0. The molecule has 5 nitrogen and oxygen atoms in total. The second-order valence-electron chi connectivity index (χ2n) is 9.26. The summed E-state index contributed by atoms with van der Waals surface area (Å²) in [7, 11) is 0. The van der Waals surface area contributed by atoms with Crippen molar-refractivity contribution in [2.75, 3.05) is 0 Å². The Hall–Kier alpha value is -1.78. The molecule has 0 amide bonds. The van der Waals surface area contributed by atoms with Crippen LogP contribution in [0.15, 0.2) is 22.9 Å². The van der Waals surface area contributed by atoms with E-state index in [1.54, 1.807) is 6.92 Å². The lowest BCUT2D eigenvalue weighted by Crippen LogP contribution is -2.54. The lowest BCUT2D eigenvalue weighted by Gasteiger charge is -2.56. The molecule has 0 heterocycles. The van der Waals surface area contributed by atoms with Crippen molar-refractivity contribution in [1.29, 1.82) is 0 Å². The molecule has 5 heteroatoms. The van der Waals surface area contributed by atoms with Gasteiger partial charge in [-0.3, -0.25) is 9.59 Å². The van der Waals surface area contributed by atoms with Gasteiger partial charge in [0, 0.05) is 5.92 Å². The number of aliphatic hydroxyl groups is 3. The van der Waals surface area contributed by atoms with Crippen molar-refractivity contribution >= 4 is 11.6 Å². The molecule has 0 aliphatic heterocycles. The van der Waals surface area contributed by atoms with Crippen molar-refractivity contribution in [1.82, 2.24) is 0 Å². The molecule has 0 radical (unpaired) electrons. The van der Waals surface area contributed by atoms with Crippen LogP contribution in [0.1, 0.15) is 59.3 Å². The van der Waals surface area contributed by atoms with E-state index in [-0.39, 0.29) is 28.8 Å². The van der Waals surface area contributed by atoms with Gasteiger partial charge in [0.15, 0.2) is 5.76 Å². The Morgan fingerprint density at radius 2 is 1.65 bits per heavy atom. The SMILES string of the molecule is CC(=O)[C@@H]1CC[C@H]2[C@@H]3CCC4=C(O)C(O)=C(O)C(=O)[C@]4(C)[C@H]3CC[C@]12C. The summed E-state index contributed by atoms with van der Waals surface area (Å²) in [4.78, 5) is 25.1. The molecule has 0 unspecified atom stereocenters.